The maximum atomic E-state index is 11.1. The fourth-order valence-electron chi connectivity index (χ4n) is 1.50. The fraction of sp³-hybridized carbons (Fsp3) is 0.182. The average molecular weight is 222 g/mol. The van der Waals surface area contributed by atoms with Gasteiger partial charge in [-0.05, 0) is 0 Å². The first-order valence-corrected chi connectivity index (χ1v) is 4.54. The number of hydrogen-bond donors (Lipinski definition) is 1. The zero-order chi connectivity index (χ0) is 11.7. The maximum absolute atomic E-state index is 11.1. The first-order chi connectivity index (χ1) is 7.65. The van der Waals surface area contributed by atoms with Crippen molar-refractivity contribution in [3.05, 3.63) is 28.6 Å². The van der Waals surface area contributed by atoms with Crippen LogP contribution in [0.2, 0.25) is 0 Å². The van der Waals surface area contributed by atoms with Gasteiger partial charge in [-0.25, -0.2) is 4.79 Å². The summed E-state index contributed by atoms with van der Waals surface area (Å²) in [5, 5.41) is 10.00. The predicted octanol–water partition coefficient (Wildman–Crippen LogP) is 1.52. The Kier molecular flexibility index (Phi) is 2.44. The molecule has 0 saturated carbocycles. The van der Waals surface area contributed by atoms with Crippen molar-refractivity contribution in [3.8, 4) is 17.2 Å². The van der Waals surface area contributed by atoms with Gasteiger partial charge in [0.25, 0.3) is 0 Å². The van der Waals surface area contributed by atoms with Crippen molar-refractivity contribution in [2.45, 2.75) is 0 Å². The summed E-state index contributed by atoms with van der Waals surface area (Å²) >= 11 is 0. The van der Waals surface area contributed by atoms with Crippen LogP contribution in [0.4, 0.5) is 0 Å². The molecule has 0 fully saturated rings. The lowest BCUT2D eigenvalue weighted by atomic mass is 10.2. The second-order valence-corrected chi connectivity index (χ2v) is 3.15. The van der Waals surface area contributed by atoms with Gasteiger partial charge in [-0.3, -0.25) is 0 Å². The van der Waals surface area contributed by atoms with E-state index in [2.05, 4.69) is 0 Å². The highest BCUT2D eigenvalue weighted by atomic mass is 16.5. The van der Waals surface area contributed by atoms with E-state index in [0.29, 0.717) is 16.9 Å². The quantitative estimate of drug-likeness (QED) is 0.780. The van der Waals surface area contributed by atoms with Crippen LogP contribution in [-0.2, 0) is 0 Å². The number of rotatable bonds is 2. The molecule has 0 spiro atoms. The Morgan fingerprint density at radius 1 is 1.19 bits per heavy atom. The van der Waals surface area contributed by atoms with Crippen LogP contribution in [0.5, 0.6) is 17.2 Å². The van der Waals surface area contributed by atoms with Crippen LogP contribution in [0.15, 0.2) is 27.4 Å². The minimum Gasteiger partial charge on any atom is -0.507 e. The summed E-state index contributed by atoms with van der Waals surface area (Å²) in [5.41, 5.74) is -0.401. The standard InChI is InChI=1S/C11H10O5/c1-14-6-3-8(15-2)11-7(12)5-10(13)16-9(11)4-6/h3-5,12H,1-2H3. The summed E-state index contributed by atoms with van der Waals surface area (Å²) in [4.78, 5) is 11.1. The maximum Gasteiger partial charge on any atom is 0.339 e. The Balaban J connectivity index is 2.89. The molecule has 84 valence electrons. The van der Waals surface area contributed by atoms with Gasteiger partial charge in [0.15, 0.2) is 0 Å². The van der Waals surface area contributed by atoms with Crippen LogP contribution in [0.1, 0.15) is 0 Å². The average Bonchev–Trinajstić information content (AvgIpc) is 2.26. The lowest BCUT2D eigenvalue weighted by Gasteiger charge is -2.08. The van der Waals surface area contributed by atoms with Crippen LogP contribution in [-0.4, -0.2) is 19.3 Å². The van der Waals surface area contributed by atoms with Crippen molar-refractivity contribution >= 4 is 11.0 Å². The Labute approximate surface area is 90.8 Å². The van der Waals surface area contributed by atoms with E-state index in [9.17, 15) is 9.90 Å². The molecule has 2 aromatic rings. The third-order valence-electron chi connectivity index (χ3n) is 2.22. The third-order valence-corrected chi connectivity index (χ3v) is 2.22. The van der Waals surface area contributed by atoms with Gasteiger partial charge in [-0.2, -0.15) is 0 Å². The summed E-state index contributed by atoms with van der Waals surface area (Å²) in [5.74, 6) is 0.694. The molecule has 0 unspecified atom stereocenters. The van der Waals surface area contributed by atoms with Crippen molar-refractivity contribution in [1.29, 1.82) is 0 Å². The molecule has 1 aromatic heterocycles. The number of ether oxygens (including phenoxy) is 2. The summed E-state index contributed by atoms with van der Waals surface area (Å²) < 4.78 is 15.1. The second-order valence-electron chi connectivity index (χ2n) is 3.15. The second kappa shape index (κ2) is 3.77. The van der Waals surface area contributed by atoms with Gasteiger partial charge < -0.3 is 19.0 Å². The number of methoxy groups -OCH3 is 2. The lowest BCUT2D eigenvalue weighted by Crippen LogP contribution is -1.97. The molecule has 5 nitrogen and oxygen atoms in total. The highest BCUT2D eigenvalue weighted by molar-refractivity contribution is 5.90. The molecule has 16 heavy (non-hydrogen) atoms. The van der Waals surface area contributed by atoms with E-state index >= 15 is 0 Å². The minimum absolute atomic E-state index is 0.175. The molecule has 5 heteroatoms. The molecule has 0 aliphatic carbocycles. The topological polar surface area (TPSA) is 68.9 Å². The van der Waals surface area contributed by atoms with Gasteiger partial charge in [0.2, 0.25) is 0 Å². The Bertz CT molecular complexity index is 585. The van der Waals surface area contributed by atoms with Crippen molar-refractivity contribution in [2.75, 3.05) is 14.2 Å². The van der Waals surface area contributed by atoms with E-state index in [1.807, 2.05) is 0 Å². The van der Waals surface area contributed by atoms with Crippen LogP contribution >= 0.6 is 0 Å². The van der Waals surface area contributed by atoms with Gasteiger partial charge in [0, 0.05) is 12.1 Å². The normalized spacial score (nSPS) is 10.4. The molecule has 0 atom stereocenters. The monoisotopic (exact) mass is 222 g/mol. The number of aromatic hydroxyl groups is 1. The van der Waals surface area contributed by atoms with Gasteiger partial charge in [-0.15, -0.1) is 0 Å². The van der Waals surface area contributed by atoms with E-state index in [0.717, 1.165) is 6.07 Å². The van der Waals surface area contributed by atoms with Crippen LogP contribution < -0.4 is 15.1 Å². The molecule has 0 aliphatic rings. The summed E-state index contributed by atoms with van der Waals surface area (Å²) in [6.45, 7) is 0. The molecule has 1 heterocycles. The third kappa shape index (κ3) is 1.56. The first kappa shape index (κ1) is 10.4. The number of fused-ring (bicyclic) bond motifs is 1. The van der Waals surface area contributed by atoms with E-state index in [-0.39, 0.29) is 11.3 Å². The zero-order valence-electron chi connectivity index (χ0n) is 8.81. The lowest BCUT2D eigenvalue weighted by molar-refractivity contribution is 0.393. The van der Waals surface area contributed by atoms with Crippen molar-refractivity contribution in [3.63, 3.8) is 0 Å². The molecule has 0 amide bonds. The molecule has 0 aliphatic heterocycles. The summed E-state index contributed by atoms with van der Waals surface area (Å²) in [7, 11) is 2.94. The van der Waals surface area contributed by atoms with E-state index in [4.69, 9.17) is 13.9 Å². The molecule has 0 radical (unpaired) electrons. The molecule has 0 saturated heterocycles. The fourth-order valence-corrected chi connectivity index (χ4v) is 1.50. The Morgan fingerprint density at radius 2 is 1.94 bits per heavy atom. The number of benzene rings is 1. The highest BCUT2D eigenvalue weighted by Gasteiger charge is 2.12. The van der Waals surface area contributed by atoms with E-state index in [1.54, 1.807) is 6.07 Å². The Hall–Kier alpha value is -2.17. The molecule has 1 N–H and O–H groups in total. The SMILES string of the molecule is COc1cc(OC)c2c(O)cc(=O)oc2c1. The molecule has 0 bridgehead atoms. The molecule has 2 rings (SSSR count). The van der Waals surface area contributed by atoms with Crippen LogP contribution in [0.25, 0.3) is 11.0 Å². The summed E-state index contributed by atoms with van der Waals surface area (Å²) in [6, 6.07) is 4.11. The van der Waals surface area contributed by atoms with Crippen molar-refractivity contribution in [2.24, 2.45) is 0 Å². The smallest absolute Gasteiger partial charge is 0.339 e. The van der Waals surface area contributed by atoms with Gasteiger partial charge >= 0.3 is 5.63 Å². The van der Waals surface area contributed by atoms with Crippen LogP contribution in [0.3, 0.4) is 0 Å². The predicted molar refractivity (Wildman–Crippen MR) is 57.3 cm³/mol. The zero-order valence-corrected chi connectivity index (χ0v) is 8.81. The Morgan fingerprint density at radius 3 is 2.56 bits per heavy atom. The van der Waals surface area contributed by atoms with Gasteiger partial charge in [-0.1, -0.05) is 0 Å². The number of hydrogen-bond acceptors (Lipinski definition) is 5. The summed E-state index contributed by atoms with van der Waals surface area (Å²) in [6.07, 6.45) is 0. The minimum atomic E-state index is -0.625. The molecular formula is C11H10O5. The van der Waals surface area contributed by atoms with Gasteiger partial charge in [0.05, 0.1) is 20.3 Å². The largest absolute Gasteiger partial charge is 0.507 e. The van der Waals surface area contributed by atoms with E-state index in [1.165, 1.54) is 20.3 Å². The van der Waals surface area contributed by atoms with Crippen molar-refractivity contribution < 1.29 is 19.0 Å². The van der Waals surface area contributed by atoms with Crippen molar-refractivity contribution in [1.82, 2.24) is 0 Å². The van der Waals surface area contributed by atoms with Crippen LogP contribution in [0, 0.1) is 0 Å². The highest BCUT2D eigenvalue weighted by Crippen LogP contribution is 2.35. The van der Waals surface area contributed by atoms with Gasteiger partial charge in [0.1, 0.15) is 28.2 Å². The first-order valence-electron chi connectivity index (χ1n) is 4.54. The molecule has 1 aromatic carbocycles. The molecular weight excluding hydrogens is 212 g/mol. The van der Waals surface area contributed by atoms with E-state index < -0.39 is 5.63 Å².